The van der Waals surface area contributed by atoms with E-state index in [2.05, 4.69) is 164 Å². The van der Waals surface area contributed by atoms with Gasteiger partial charge in [0.2, 0.25) is 0 Å². The van der Waals surface area contributed by atoms with Gasteiger partial charge in [-0.3, -0.25) is 0 Å². The highest BCUT2D eigenvalue weighted by Crippen LogP contribution is 2.41. The number of para-hydroxylation sites is 4. The molecule has 0 bridgehead atoms. The van der Waals surface area contributed by atoms with Gasteiger partial charge in [-0.15, -0.1) is 0 Å². The topological polar surface area (TPSA) is 42.9 Å². The van der Waals surface area contributed by atoms with Crippen LogP contribution in [0.3, 0.4) is 0 Å². The van der Waals surface area contributed by atoms with Crippen molar-refractivity contribution in [2.45, 2.75) is 0 Å². The number of aromatic nitrogens is 3. The maximum absolute atomic E-state index is 10.2. The van der Waals surface area contributed by atoms with Gasteiger partial charge in [0.25, 0.3) is 0 Å². The summed E-state index contributed by atoms with van der Waals surface area (Å²) in [6.45, 7) is 7.64. The zero-order valence-electron chi connectivity index (χ0n) is 29.5. The van der Waals surface area contributed by atoms with Gasteiger partial charge in [0.15, 0.2) is 5.69 Å². The van der Waals surface area contributed by atoms with Gasteiger partial charge < -0.3 is 13.7 Å². The number of rotatable bonds is 4. The molecule has 254 valence electrons. The Hall–Kier alpha value is -7.86. The molecule has 0 aliphatic heterocycles. The predicted octanol–water partition coefficient (Wildman–Crippen LogP) is 13.1. The second kappa shape index (κ2) is 11.8. The van der Waals surface area contributed by atoms with Crippen LogP contribution in [0.4, 0.5) is 5.69 Å². The van der Waals surface area contributed by atoms with Crippen molar-refractivity contribution in [2.75, 3.05) is 0 Å². The van der Waals surface area contributed by atoms with Crippen molar-refractivity contribution in [1.29, 1.82) is 5.26 Å². The highest BCUT2D eigenvalue weighted by Gasteiger charge is 2.20. The molecule has 0 aliphatic rings. The Kier molecular flexibility index (Phi) is 6.61. The van der Waals surface area contributed by atoms with Crippen LogP contribution in [-0.4, -0.2) is 13.7 Å². The van der Waals surface area contributed by atoms with Gasteiger partial charge in [-0.05, 0) is 89.8 Å². The third kappa shape index (κ3) is 4.51. The van der Waals surface area contributed by atoms with Crippen molar-refractivity contribution in [1.82, 2.24) is 13.7 Å². The molecule has 55 heavy (non-hydrogen) atoms. The number of nitriles is 1. The van der Waals surface area contributed by atoms with E-state index in [0.29, 0.717) is 11.3 Å². The maximum Gasteiger partial charge on any atom is 0.188 e. The van der Waals surface area contributed by atoms with E-state index in [4.69, 9.17) is 6.57 Å². The van der Waals surface area contributed by atoms with Crippen LogP contribution in [-0.2, 0) is 0 Å². The van der Waals surface area contributed by atoms with Crippen LogP contribution in [0.2, 0.25) is 0 Å². The minimum Gasteiger partial charge on any atom is -0.309 e. The van der Waals surface area contributed by atoms with E-state index in [1.165, 1.54) is 16.2 Å². The quantitative estimate of drug-likeness (QED) is 0.169. The molecule has 0 unspecified atom stereocenters. The molecule has 0 spiro atoms. The van der Waals surface area contributed by atoms with Gasteiger partial charge >= 0.3 is 0 Å². The van der Waals surface area contributed by atoms with Gasteiger partial charge in [-0.2, -0.15) is 5.26 Å². The fourth-order valence-electron chi connectivity index (χ4n) is 8.71. The van der Waals surface area contributed by atoms with E-state index in [-0.39, 0.29) is 0 Å². The second-order valence-electron chi connectivity index (χ2n) is 14.0. The predicted molar refractivity (Wildman–Crippen MR) is 226 cm³/mol. The third-order valence-corrected chi connectivity index (χ3v) is 11.1. The van der Waals surface area contributed by atoms with Gasteiger partial charge in [0.05, 0.1) is 57.0 Å². The Morgan fingerprint density at radius 1 is 0.418 bits per heavy atom. The zero-order chi connectivity index (χ0) is 36.6. The van der Waals surface area contributed by atoms with Crippen LogP contribution >= 0.6 is 0 Å². The van der Waals surface area contributed by atoms with Crippen LogP contribution in [0.15, 0.2) is 176 Å². The van der Waals surface area contributed by atoms with Crippen molar-refractivity contribution in [3.05, 3.63) is 193 Å². The van der Waals surface area contributed by atoms with Crippen LogP contribution in [0, 0.1) is 17.9 Å². The lowest BCUT2D eigenvalue weighted by molar-refractivity contribution is 1.15. The Morgan fingerprint density at radius 3 is 1.58 bits per heavy atom. The Labute approximate surface area is 316 Å². The lowest BCUT2D eigenvalue weighted by Gasteiger charge is -2.17. The summed E-state index contributed by atoms with van der Waals surface area (Å²) in [5.74, 6) is 0. The third-order valence-electron chi connectivity index (χ3n) is 11.1. The van der Waals surface area contributed by atoms with E-state index < -0.39 is 0 Å². The smallest absolute Gasteiger partial charge is 0.188 e. The number of hydrogen-bond acceptors (Lipinski definition) is 1. The molecule has 8 aromatic carbocycles. The highest BCUT2D eigenvalue weighted by atomic mass is 15.0. The fourth-order valence-corrected chi connectivity index (χ4v) is 8.71. The van der Waals surface area contributed by atoms with Crippen LogP contribution in [0.1, 0.15) is 5.56 Å². The Balaban J connectivity index is 1.17. The summed E-state index contributed by atoms with van der Waals surface area (Å²) in [6, 6.07) is 63.8. The first kappa shape index (κ1) is 30.7. The first-order valence-corrected chi connectivity index (χ1v) is 18.3. The number of nitrogens with zero attached hydrogens (tertiary/aromatic N) is 5. The summed E-state index contributed by atoms with van der Waals surface area (Å²) < 4.78 is 6.99. The van der Waals surface area contributed by atoms with E-state index in [1.807, 2.05) is 36.4 Å². The van der Waals surface area contributed by atoms with Gasteiger partial charge in [-0.1, -0.05) is 97.1 Å². The lowest BCUT2D eigenvalue weighted by atomic mass is 10.00. The molecule has 0 fully saturated rings. The standard InChI is InChI=1S/C50H29N5/c1-52-34-22-26-49-43(29-34)40-16-5-8-19-46(40)53(49)35-12-10-11-33(28-35)42-27-32(31-51)21-25-48(42)55-47-20-9-4-15-39(47)41-24-23-36(30-50(41)55)54-44-17-6-2-13-37(44)38-14-3-7-18-45(38)54/h2-30H. The lowest BCUT2D eigenvalue weighted by Crippen LogP contribution is -2.00. The summed E-state index contributed by atoms with van der Waals surface area (Å²) in [7, 11) is 0. The van der Waals surface area contributed by atoms with Gasteiger partial charge in [-0.25, -0.2) is 4.85 Å². The van der Waals surface area contributed by atoms with E-state index in [9.17, 15) is 5.26 Å². The monoisotopic (exact) mass is 699 g/mol. The average Bonchev–Trinajstić information content (AvgIpc) is 3.88. The summed E-state index contributed by atoms with van der Waals surface area (Å²) in [4.78, 5) is 3.71. The van der Waals surface area contributed by atoms with Crippen LogP contribution < -0.4 is 0 Å². The Bertz CT molecular complexity index is 3420. The van der Waals surface area contributed by atoms with Gasteiger partial charge in [0.1, 0.15) is 0 Å². The molecule has 3 heterocycles. The van der Waals surface area contributed by atoms with Crippen molar-refractivity contribution in [2.24, 2.45) is 0 Å². The summed E-state index contributed by atoms with van der Waals surface area (Å²) >= 11 is 0. The fraction of sp³-hybridized carbons (Fsp3) is 0. The van der Waals surface area contributed by atoms with Gasteiger partial charge in [0, 0.05) is 43.9 Å². The van der Waals surface area contributed by atoms with Crippen molar-refractivity contribution in [3.63, 3.8) is 0 Å². The number of benzene rings is 8. The largest absolute Gasteiger partial charge is 0.309 e. The molecule has 0 radical (unpaired) electrons. The first-order valence-electron chi connectivity index (χ1n) is 18.3. The van der Waals surface area contributed by atoms with Crippen molar-refractivity contribution in [3.8, 4) is 34.3 Å². The minimum absolute atomic E-state index is 0.597. The van der Waals surface area contributed by atoms with E-state index in [0.717, 1.165) is 77.4 Å². The molecule has 11 rings (SSSR count). The molecule has 11 aromatic rings. The Morgan fingerprint density at radius 2 is 0.964 bits per heavy atom. The molecular weight excluding hydrogens is 671 g/mol. The van der Waals surface area contributed by atoms with Crippen molar-refractivity contribution < 1.29 is 0 Å². The van der Waals surface area contributed by atoms with E-state index in [1.54, 1.807) is 0 Å². The molecule has 3 aromatic heterocycles. The minimum atomic E-state index is 0.597. The van der Waals surface area contributed by atoms with Crippen molar-refractivity contribution >= 4 is 71.1 Å². The summed E-state index contributed by atoms with van der Waals surface area (Å²) in [5, 5.41) is 17.1. The SMILES string of the molecule is [C-]#[N+]c1ccc2c(c1)c1ccccc1n2-c1cccc(-c2cc(C#N)ccc2-n2c3ccccc3c3ccc(-n4c5ccccc5c5ccccc54)cc32)c1. The molecule has 5 heteroatoms. The normalized spacial score (nSPS) is 11.6. The molecule has 0 atom stereocenters. The van der Waals surface area contributed by atoms with E-state index >= 15 is 0 Å². The molecule has 0 aliphatic carbocycles. The number of hydrogen-bond donors (Lipinski definition) is 0. The number of fused-ring (bicyclic) bond motifs is 9. The summed E-state index contributed by atoms with van der Waals surface area (Å²) in [5.41, 5.74) is 12.9. The summed E-state index contributed by atoms with van der Waals surface area (Å²) in [6.07, 6.45) is 0. The maximum atomic E-state index is 10.2. The second-order valence-corrected chi connectivity index (χ2v) is 14.0. The molecule has 0 saturated carbocycles. The molecular formula is C50H29N5. The first-order chi connectivity index (χ1) is 27.2. The molecule has 0 saturated heterocycles. The highest BCUT2D eigenvalue weighted by molar-refractivity contribution is 6.13. The molecule has 0 N–H and O–H groups in total. The van der Waals surface area contributed by atoms with Crippen LogP contribution in [0.25, 0.3) is 98.5 Å². The molecule has 5 nitrogen and oxygen atoms in total. The molecule has 0 amide bonds. The zero-order valence-corrected chi connectivity index (χ0v) is 29.5. The van der Waals surface area contributed by atoms with Crippen LogP contribution in [0.5, 0.6) is 0 Å². The average molecular weight is 700 g/mol.